The van der Waals surface area contributed by atoms with Gasteiger partial charge in [0, 0.05) is 0 Å². The van der Waals surface area contributed by atoms with Crippen molar-refractivity contribution in [1.82, 2.24) is 0 Å². The lowest BCUT2D eigenvalue weighted by Crippen LogP contribution is -2.26. The molecule has 0 aromatic heterocycles. The molecular formula is C9H16O2. The molecule has 0 unspecified atom stereocenters. The highest BCUT2D eigenvalue weighted by molar-refractivity contribution is 5.70. The van der Waals surface area contributed by atoms with Crippen LogP contribution in [0, 0.1) is 11.8 Å². The van der Waals surface area contributed by atoms with E-state index in [-0.39, 0.29) is 5.92 Å². The molecule has 0 aliphatic heterocycles. The highest BCUT2D eigenvalue weighted by Gasteiger charge is 2.28. The van der Waals surface area contributed by atoms with Crippen LogP contribution in [0.2, 0.25) is 0 Å². The Labute approximate surface area is 67.6 Å². The number of rotatable bonds is 2. The monoisotopic (exact) mass is 156 g/mol. The first-order chi connectivity index (χ1) is 5.25. The fourth-order valence-corrected chi connectivity index (χ4v) is 2.02. The van der Waals surface area contributed by atoms with Gasteiger partial charge in [0.2, 0.25) is 0 Å². The van der Waals surface area contributed by atoms with E-state index in [0.717, 1.165) is 25.7 Å². The van der Waals surface area contributed by atoms with E-state index in [2.05, 4.69) is 6.92 Å². The average molecular weight is 156 g/mol. The van der Waals surface area contributed by atoms with Crippen molar-refractivity contribution in [2.24, 2.45) is 11.8 Å². The SMILES string of the molecule is CC[C@H]1CCCC[C@H]1C(=O)O. The molecule has 1 fully saturated rings. The fourth-order valence-electron chi connectivity index (χ4n) is 2.02. The van der Waals surface area contributed by atoms with E-state index in [1.54, 1.807) is 0 Å². The minimum Gasteiger partial charge on any atom is -0.481 e. The Bertz CT molecular complexity index is 142. The summed E-state index contributed by atoms with van der Waals surface area (Å²) in [5.41, 5.74) is 0. The number of carboxylic acid groups (broad SMARTS) is 1. The zero-order valence-corrected chi connectivity index (χ0v) is 7.05. The summed E-state index contributed by atoms with van der Waals surface area (Å²) >= 11 is 0. The maximum Gasteiger partial charge on any atom is 0.306 e. The smallest absolute Gasteiger partial charge is 0.306 e. The molecule has 2 heteroatoms. The van der Waals surface area contributed by atoms with Gasteiger partial charge < -0.3 is 5.11 Å². The second-order valence-corrected chi connectivity index (χ2v) is 3.40. The zero-order valence-electron chi connectivity index (χ0n) is 7.05. The fraction of sp³-hybridized carbons (Fsp3) is 0.889. The molecular weight excluding hydrogens is 140 g/mol. The molecule has 0 spiro atoms. The van der Waals surface area contributed by atoms with Crippen LogP contribution >= 0.6 is 0 Å². The average Bonchev–Trinajstić information content (AvgIpc) is 2.04. The highest BCUT2D eigenvalue weighted by Crippen LogP contribution is 2.32. The van der Waals surface area contributed by atoms with E-state index < -0.39 is 5.97 Å². The number of aliphatic carboxylic acids is 1. The summed E-state index contributed by atoms with van der Waals surface area (Å²) in [6.07, 6.45) is 5.37. The molecule has 64 valence electrons. The van der Waals surface area contributed by atoms with Crippen LogP contribution in [0.15, 0.2) is 0 Å². The maximum atomic E-state index is 10.7. The van der Waals surface area contributed by atoms with Crippen LogP contribution in [0.5, 0.6) is 0 Å². The minimum absolute atomic E-state index is 0.0475. The third-order valence-electron chi connectivity index (χ3n) is 2.75. The van der Waals surface area contributed by atoms with Crippen molar-refractivity contribution in [3.63, 3.8) is 0 Å². The first-order valence-corrected chi connectivity index (χ1v) is 4.48. The number of carbonyl (C=O) groups is 1. The topological polar surface area (TPSA) is 37.3 Å². The van der Waals surface area contributed by atoms with Crippen LogP contribution in [0.3, 0.4) is 0 Å². The lowest BCUT2D eigenvalue weighted by molar-refractivity contribution is -0.144. The van der Waals surface area contributed by atoms with E-state index in [4.69, 9.17) is 5.11 Å². The van der Waals surface area contributed by atoms with E-state index >= 15 is 0 Å². The zero-order chi connectivity index (χ0) is 8.27. The summed E-state index contributed by atoms with van der Waals surface area (Å²) < 4.78 is 0. The van der Waals surface area contributed by atoms with Gasteiger partial charge in [-0.05, 0) is 18.8 Å². The molecule has 1 aliphatic carbocycles. The predicted octanol–water partition coefficient (Wildman–Crippen LogP) is 2.29. The van der Waals surface area contributed by atoms with Gasteiger partial charge in [-0.15, -0.1) is 0 Å². The molecule has 0 radical (unpaired) electrons. The summed E-state index contributed by atoms with van der Waals surface area (Å²) in [7, 11) is 0. The normalized spacial score (nSPS) is 31.7. The number of carboxylic acids is 1. The maximum absolute atomic E-state index is 10.7. The van der Waals surface area contributed by atoms with E-state index in [1.165, 1.54) is 6.42 Å². The summed E-state index contributed by atoms with van der Waals surface area (Å²) in [5, 5.41) is 8.84. The Hall–Kier alpha value is -0.530. The van der Waals surface area contributed by atoms with Crippen molar-refractivity contribution in [2.75, 3.05) is 0 Å². The molecule has 2 atom stereocenters. The Morgan fingerprint density at radius 3 is 2.55 bits per heavy atom. The van der Waals surface area contributed by atoms with Crippen molar-refractivity contribution in [3.05, 3.63) is 0 Å². The van der Waals surface area contributed by atoms with Gasteiger partial charge in [-0.25, -0.2) is 0 Å². The highest BCUT2D eigenvalue weighted by atomic mass is 16.4. The van der Waals surface area contributed by atoms with E-state index in [1.807, 2.05) is 0 Å². The van der Waals surface area contributed by atoms with E-state index in [9.17, 15) is 4.79 Å². The molecule has 0 heterocycles. The first kappa shape index (κ1) is 8.57. The summed E-state index contributed by atoms with van der Waals surface area (Å²) in [6, 6.07) is 0. The molecule has 0 bridgehead atoms. The number of hydrogen-bond donors (Lipinski definition) is 1. The third-order valence-corrected chi connectivity index (χ3v) is 2.75. The van der Waals surface area contributed by atoms with Crippen LogP contribution in [-0.4, -0.2) is 11.1 Å². The van der Waals surface area contributed by atoms with Crippen LogP contribution in [0.25, 0.3) is 0 Å². The second-order valence-electron chi connectivity index (χ2n) is 3.40. The van der Waals surface area contributed by atoms with Crippen molar-refractivity contribution in [2.45, 2.75) is 39.0 Å². The third kappa shape index (κ3) is 1.95. The van der Waals surface area contributed by atoms with E-state index in [0.29, 0.717) is 5.92 Å². The molecule has 1 saturated carbocycles. The molecule has 1 aliphatic rings. The standard InChI is InChI=1S/C9H16O2/c1-2-7-5-3-4-6-8(7)9(10)11/h7-8H,2-6H2,1H3,(H,10,11)/t7-,8+/m0/s1. The van der Waals surface area contributed by atoms with Crippen LogP contribution < -0.4 is 0 Å². The van der Waals surface area contributed by atoms with Gasteiger partial charge in [0.25, 0.3) is 0 Å². The van der Waals surface area contributed by atoms with Gasteiger partial charge >= 0.3 is 5.97 Å². The van der Waals surface area contributed by atoms with Gasteiger partial charge in [-0.2, -0.15) is 0 Å². The molecule has 2 nitrogen and oxygen atoms in total. The van der Waals surface area contributed by atoms with Crippen LogP contribution in [-0.2, 0) is 4.79 Å². The molecule has 0 aromatic rings. The lowest BCUT2D eigenvalue weighted by atomic mass is 9.78. The van der Waals surface area contributed by atoms with Gasteiger partial charge in [-0.3, -0.25) is 4.79 Å². The number of hydrogen-bond acceptors (Lipinski definition) is 1. The molecule has 0 aromatic carbocycles. The first-order valence-electron chi connectivity index (χ1n) is 4.48. The largest absolute Gasteiger partial charge is 0.481 e. The minimum atomic E-state index is -0.587. The van der Waals surface area contributed by atoms with Gasteiger partial charge in [0.15, 0.2) is 0 Å². The summed E-state index contributed by atoms with van der Waals surface area (Å²) in [5.74, 6) is -0.188. The molecule has 0 amide bonds. The Balaban J connectivity index is 2.51. The molecule has 1 N–H and O–H groups in total. The van der Waals surface area contributed by atoms with Gasteiger partial charge in [0.05, 0.1) is 5.92 Å². The van der Waals surface area contributed by atoms with Crippen molar-refractivity contribution < 1.29 is 9.90 Å². The summed E-state index contributed by atoms with van der Waals surface area (Å²) in [4.78, 5) is 10.7. The quantitative estimate of drug-likeness (QED) is 0.666. The molecule has 11 heavy (non-hydrogen) atoms. The molecule has 1 rings (SSSR count). The molecule has 0 saturated heterocycles. The van der Waals surface area contributed by atoms with Gasteiger partial charge in [0.1, 0.15) is 0 Å². The lowest BCUT2D eigenvalue weighted by Gasteiger charge is -2.27. The Morgan fingerprint density at radius 2 is 2.09 bits per heavy atom. The van der Waals surface area contributed by atoms with Crippen molar-refractivity contribution >= 4 is 5.97 Å². The van der Waals surface area contributed by atoms with Crippen LogP contribution in [0.4, 0.5) is 0 Å². The van der Waals surface area contributed by atoms with Crippen molar-refractivity contribution in [1.29, 1.82) is 0 Å². The Kier molecular flexibility index (Phi) is 2.92. The van der Waals surface area contributed by atoms with Crippen molar-refractivity contribution in [3.8, 4) is 0 Å². The second kappa shape index (κ2) is 3.74. The van der Waals surface area contributed by atoms with Crippen LogP contribution in [0.1, 0.15) is 39.0 Å². The van der Waals surface area contributed by atoms with Gasteiger partial charge in [-0.1, -0.05) is 26.2 Å². The predicted molar refractivity (Wildman–Crippen MR) is 43.4 cm³/mol. The Morgan fingerprint density at radius 1 is 1.45 bits per heavy atom. The summed E-state index contributed by atoms with van der Waals surface area (Å²) in [6.45, 7) is 2.09.